The minimum atomic E-state index is -0.609. The highest BCUT2D eigenvalue weighted by atomic mass is 16.5. The summed E-state index contributed by atoms with van der Waals surface area (Å²) in [5.41, 5.74) is 0.849. The van der Waals surface area contributed by atoms with Gasteiger partial charge in [0.25, 0.3) is 5.91 Å². The molecule has 1 aromatic heterocycles. The summed E-state index contributed by atoms with van der Waals surface area (Å²) >= 11 is 0. The van der Waals surface area contributed by atoms with Crippen LogP contribution >= 0.6 is 0 Å². The van der Waals surface area contributed by atoms with Crippen molar-refractivity contribution in [2.75, 3.05) is 18.5 Å². The normalized spacial score (nSPS) is 16.0. The van der Waals surface area contributed by atoms with Crippen LogP contribution in [-0.4, -0.2) is 35.8 Å². The van der Waals surface area contributed by atoms with E-state index >= 15 is 0 Å². The number of likely N-dealkylation sites (tertiary alicyclic amines) is 1. The maximum Gasteiger partial charge on any atom is 0.311 e. The molecule has 1 aromatic carbocycles. The van der Waals surface area contributed by atoms with Crippen LogP contribution in [0.5, 0.6) is 0 Å². The number of benzene rings is 1. The van der Waals surface area contributed by atoms with Gasteiger partial charge in [0, 0.05) is 18.7 Å². The minimum Gasteiger partial charge on any atom is -0.467 e. The van der Waals surface area contributed by atoms with Gasteiger partial charge in [0.2, 0.25) is 5.91 Å². The molecule has 1 atom stereocenters. The van der Waals surface area contributed by atoms with E-state index in [9.17, 15) is 14.4 Å². The van der Waals surface area contributed by atoms with Crippen molar-refractivity contribution in [2.24, 2.45) is 5.92 Å². The summed E-state index contributed by atoms with van der Waals surface area (Å²) in [6.45, 7) is 0.0635. The Morgan fingerprint density at radius 2 is 2.19 bits per heavy atom. The molecule has 2 amide bonds. The molecule has 1 fully saturated rings. The second kappa shape index (κ2) is 8.19. The molecule has 8 nitrogen and oxygen atoms in total. The molecule has 2 aromatic rings. The molecule has 1 N–H and O–H groups in total. The largest absolute Gasteiger partial charge is 0.467 e. The summed E-state index contributed by atoms with van der Waals surface area (Å²) in [7, 11) is 0. The summed E-state index contributed by atoms with van der Waals surface area (Å²) in [5, 5.41) is 11.4. The van der Waals surface area contributed by atoms with Crippen LogP contribution in [-0.2, 0) is 25.7 Å². The summed E-state index contributed by atoms with van der Waals surface area (Å²) in [6.07, 6.45) is 1.57. The van der Waals surface area contributed by atoms with Gasteiger partial charge in [-0.2, -0.15) is 5.26 Å². The monoisotopic (exact) mass is 367 g/mol. The van der Waals surface area contributed by atoms with E-state index in [1.165, 1.54) is 17.2 Å². The zero-order valence-corrected chi connectivity index (χ0v) is 14.4. The molecule has 3 rings (SSSR count). The number of rotatable bonds is 6. The Morgan fingerprint density at radius 3 is 2.93 bits per heavy atom. The lowest BCUT2D eigenvalue weighted by atomic mass is 10.1. The van der Waals surface area contributed by atoms with Crippen molar-refractivity contribution in [1.82, 2.24) is 4.90 Å². The predicted octanol–water partition coefficient (Wildman–Crippen LogP) is 1.68. The van der Waals surface area contributed by atoms with E-state index in [4.69, 9.17) is 14.4 Å². The van der Waals surface area contributed by atoms with Gasteiger partial charge in [0.15, 0.2) is 6.61 Å². The third-order valence-electron chi connectivity index (χ3n) is 4.10. The van der Waals surface area contributed by atoms with Gasteiger partial charge in [-0.15, -0.1) is 0 Å². The quantitative estimate of drug-likeness (QED) is 0.777. The number of carbonyl (C=O) groups excluding carboxylic acids is 3. The Labute approximate surface area is 155 Å². The van der Waals surface area contributed by atoms with Gasteiger partial charge in [-0.3, -0.25) is 14.4 Å². The van der Waals surface area contributed by atoms with Crippen molar-refractivity contribution in [3.8, 4) is 6.07 Å². The summed E-state index contributed by atoms with van der Waals surface area (Å²) in [6, 6.07) is 11.8. The lowest BCUT2D eigenvalue weighted by molar-refractivity contribution is -0.151. The van der Waals surface area contributed by atoms with Gasteiger partial charge in [-0.05, 0) is 30.3 Å². The van der Waals surface area contributed by atoms with Crippen LogP contribution in [0.1, 0.15) is 17.7 Å². The number of anilines is 1. The number of nitrogens with one attached hydrogen (secondary N) is 1. The van der Waals surface area contributed by atoms with Crippen LogP contribution in [0, 0.1) is 17.2 Å². The lowest BCUT2D eigenvalue weighted by Gasteiger charge is -2.14. The maximum absolute atomic E-state index is 12.1. The number of nitrogens with zero attached hydrogens (tertiary/aromatic N) is 2. The molecule has 0 aliphatic carbocycles. The van der Waals surface area contributed by atoms with Gasteiger partial charge in [0.05, 0.1) is 30.4 Å². The van der Waals surface area contributed by atoms with Gasteiger partial charge < -0.3 is 19.4 Å². The van der Waals surface area contributed by atoms with E-state index in [0.717, 1.165) is 0 Å². The average molecular weight is 367 g/mol. The third kappa shape index (κ3) is 4.73. The van der Waals surface area contributed by atoms with E-state index in [0.29, 0.717) is 23.6 Å². The number of carbonyl (C=O) groups is 3. The van der Waals surface area contributed by atoms with Crippen LogP contribution in [0.15, 0.2) is 47.1 Å². The first-order chi connectivity index (χ1) is 13.0. The fourth-order valence-corrected chi connectivity index (χ4v) is 2.79. The van der Waals surface area contributed by atoms with Crippen LogP contribution in [0.25, 0.3) is 0 Å². The molecule has 27 heavy (non-hydrogen) atoms. The smallest absolute Gasteiger partial charge is 0.311 e. The Morgan fingerprint density at radius 1 is 1.33 bits per heavy atom. The number of ether oxygens (including phenoxy) is 1. The Hall–Kier alpha value is -3.60. The van der Waals surface area contributed by atoms with E-state index < -0.39 is 24.4 Å². The molecule has 1 aliphatic rings. The highest BCUT2D eigenvalue weighted by Crippen LogP contribution is 2.21. The average Bonchev–Trinajstić information content (AvgIpc) is 3.30. The highest BCUT2D eigenvalue weighted by Gasteiger charge is 2.35. The Bertz CT molecular complexity index is 885. The molecule has 0 unspecified atom stereocenters. The van der Waals surface area contributed by atoms with Gasteiger partial charge in [-0.1, -0.05) is 6.07 Å². The van der Waals surface area contributed by atoms with Crippen LogP contribution in [0.2, 0.25) is 0 Å². The zero-order valence-electron chi connectivity index (χ0n) is 14.4. The van der Waals surface area contributed by atoms with Crippen molar-refractivity contribution in [3.63, 3.8) is 0 Å². The first kappa shape index (κ1) is 18.2. The van der Waals surface area contributed by atoms with Crippen LogP contribution in [0.3, 0.4) is 0 Å². The molecule has 138 valence electrons. The van der Waals surface area contributed by atoms with Crippen molar-refractivity contribution >= 4 is 23.5 Å². The fourth-order valence-electron chi connectivity index (χ4n) is 2.79. The van der Waals surface area contributed by atoms with Gasteiger partial charge in [-0.25, -0.2) is 0 Å². The van der Waals surface area contributed by atoms with Crippen molar-refractivity contribution < 1.29 is 23.5 Å². The molecule has 0 spiro atoms. The van der Waals surface area contributed by atoms with E-state index in [1.54, 1.807) is 30.3 Å². The summed E-state index contributed by atoms with van der Waals surface area (Å²) in [5.74, 6) is -1.24. The summed E-state index contributed by atoms with van der Waals surface area (Å²) in [4.78, 5) is 37.6. The minimum absolute atomic E-state index is 0.0470. The molecule has 0 saturated carbocycles. The van der Waals surface area contributed by atoms with Crippen molar-refractivity contribution in [3.05, 3.63) is 54.0 Å². The predicted molar refractivity (Wildman–Crippen MR) is 93.0 cm³/mol. The van der Waals surface area contributed by atoms with E-state index in [2.05, 4.69) is 5.32 Å². The Kier molecular flexibility index (Phi) is 5.52. The van der Waals surface area contributed by atoms with Crippen LogP contribution in [0.4, 0.5) is 5.69 Å². The molecule has 1 saturated heterocycles. The topological polar surface area (TPSA) is 113 Å². The van der Waals surface area contributed by atoms with Crippen molar-refractivity contribution in [2.45, 2.75) is 13.0 Å². The SMILES string of the molecule is N#Cc1cccc(NC(=O)COC(=O)[C@@H]2CC(=O)N(Cc3ccco3)C2)c1. The number of amides is 2. The zero-order chi connectivity index (χ0) is 19.2. The number of nitriles is 1. The standard InChI is InChI=1S/C19H17N3O5/c20-9-13-3-1-4-15(7-13)21-17(23)12-27-19(25)14-8-18(24)22(10-14)11-16-5-2-6-26-16/h1-7,14H,8,10-12H2,(H,21,23)/t14-/m1/s1. The third-order valence-corrected chi connectivity index (χ3v) is 4.10. The fraction of sp³-hybridized carbons (Fsp3) is 0.263. The highest BCUT2D eigenvalue weighted by molar-refractivity contribution is 5.93. The molecule has 8 heteroatoms. The number of esters is 1. The number of hydrogen-bond acceptors (Lipinski definition) is 6. The van der Waals surface area contributed by atoms with E-state index in [-0.39, 0.29) is 18.9 Å². The van der Waals surface area contributed by atoms with E-state index in [1.807, 2.05) is 6.07 Å². The second-order valence-corrected chi connectivity index (χ2v) is 6.10. The molecule has 2 heterocycles. The molecule has 0 bridgehead atoms. The number of hydrogen-bond donors (Lipinski definition) is 1. The second-order valence-electron chi connectivity index (χ2n) is 6.10. The molecule has 0 radical (unpaired) electrons. The van der Waals surface area contributed by atoms with Gasteiger partial charge in [0.1, 0.15) is 5.76 Å². The number of furan rings is 1. The van der Waals surface area contributed by atoms with Crippen molar-refractivity contribution in [1.29, 1.82) is 5.26 Å². The maximum atomic E-state index is 12.1. The Balaban J connectivity index is 1.47. The van der Waals surface area contributed by atoms with Gasteiger partial charge >= 0.3 is 5.97 Å². The molecular weight excluding hydrogens is 350 g/mol. The summed E-state index contributed by atoms with van der Waals surface area (Å²) < 4.78 is 10.2. The first-order valence-corrected chi connectivity index (χ1v) is 8.32. The molecular formula is C19H17N3O5. The molecule has 1 aliphatic heterocycles. The first-order valence-electron chi connectivity index (χ1n) is 8.32. The lowest BCUT2D eigenvalue weighted by Crippen LogP contribution is -2.28. The van der Waals surface area contributed by atoms with Crippen LogP contribution < -0.4 is 5.32 Å².